The molecule has 0 amide bonds. The number of oxime groups is 1. The lowest BCUT2D eigenvalue weighted by Gasteiger charge is -2.26. The number of unbranched alkanes of at least 4 members (excludes halogenated alkanes) is 1. The topological polar surface area (TPSA) is 24.8 Å². The lowest BCUT2D eigenvalue weighted by Crippen LogP contribution is -2.24. The molecule has 2 unspecified atom stereocenters. The molecule has 0 bridgehead atoms. The first-order valence-corrected chi connectivity index (χ1v) is 10.7. The molecule has 0 saturated heterocycles. The van der Waals surface area contributed by atoms with E-state index in [4.69, 9.17) is 16.4 Å². The summed E-state index contributed by atoms with van der Waals surface area (Å²) in [6.45, 7) is 6.14. The zero-order valence-corrected chi connectivity index (χ0v) is 18.1. The van der Waals surface area contributed by atoms with Gasteiger partial charge in [0.1, 0.15) is 6.61 Å². The SMILES string of the molecule is CCCCC1CCCC(=C\c2ccc(Cl)cc2)/C1=N/OCC(C)CN(C)C. The molecule has 1 aromatic rings. The van der Waals surface area contributed by atoms with Crippen molar-refractivity contribution < 1.29 is 4.84 Å². The van der Waals surface area contributed by atoms with Gasteiger partial charge in [0.2, 0.25) is 0 Å². The van der Waals surface area contributed by atoms with Gasteiger partial charge in [0, 0.05) is 23.4 Å². The van der Waals surface area contributed by atoms with Gasteiger partial charge in [-0.1, -0.05) is 55.6 Å². The predicted octanol–water partition coefficient (Wildman–Crippen LogP) is 6.28. The second-order valence-corrected chi connectivity index (χ2v) is 8.53. The van der Waals surface area contributed by atoms with Gasteiger partial charge < -0.3 is 9.74 Å². The van der Waals surface area contributed by atoms with Gasteiger partial charge in [-0.25, -0.2) is 0 Å². The van der Waals surface area contributed by atoms with Crippen molar-refractivity contribution >= 4 is 23.4 Å². The van der Waals surface area contributed by atoms with E-state index in [-0.39, 0.29) is 0 Å². The van der Waals surface area contributed by atoms with Crippen molar-refractivity contribution in [2.75, 3.05) is 27.2 Å². The van der Waals surface area contributed by atoms with Crippen LogP contribution in [0.1, 0.15) is 57.9 Å². The Labute approximate surface area is 170 Å². The Bertz CT molecular complexity index is 622. The maximum Gasteiger partial charge on any atom is 0.120 e. The zero-order chi connectivity index (χ0) is 19.6. The molecule has 3 nitrogen and oxygen atoms in total. The van der Waals surface area contributed by atoms with E-state index in [1.54, 1.807) is 0 Å². The third kappa shape index (κ3) is 7.67. The minimum atomic E-state index is 0.464. The van der Waals surface area contributed by atoms with Crippen molar-refractivity contribution in [1.82, 2.24) is 4.90 Å². The average molecular weight is 391 g/mol. The molecule has 0 aliphatic heterocycles. The quantitative estimate of drug-likeness (QED) is 0.463. The molecule has 0 heterocycles. The Morgan fingerprint density at radius 1 is 1.30 bits per heavy atom. The Morgan fingerprint density at radius 3 is 2.70 bits per heavy atom. The van der Waals surface area contributed by atoms with Crippen LogP contribution in [0.15, 0.2) is 35.0 Å². The Hall–Kier alpha value is -1.32. The van der Waals surface area contributed by atoms with Gasteiger partial charge in [-0.15, -0.1) is 0 Å². The molecule has 1 aromatic carbocycles. The van der Waals surface area contributed by atoms with Crippen LogP contribution < -0.4 is 0 Å². The van der Waals surface area contributed by atoms with Crippen LogP contribution in [0.4, 0.5) is 0 Å². The molecule has 0 aromatic heterocycles. The van der Waals surface area contributed by atoms with Crippen molar-refractivity contribution in [2.24, 2.45) is 17.0 Å². The third-order valence-corrected chi connectivity index (χ3v) is 5.28. The highest BCUT2D eigenvalue weighted by molar-refractivity contribution is 6.30. The first-order valence-electron chi connectivity index (χ1n) is 10.3. The molecule has 2 atom stereocenters. The molecule has 0 N–H and O–H groups in total. The normalized spacial score (nSPS) is 21.8. The molecule has 1 aliphatic rings. The number of hydrogen-bond acceptors (Lipinski definition) is 3. The van der Waals surface area contributed by atoms with E-state index in [1.165, 1.54) is 49.0 Å². The summed E-state index contributed by atoms with van der Waals surface area (Å²) in [7, 11) is 4.19. The zero-order valence-electron chi connectivity index (χ0n) is 17.4. The van der Waals surface area contributed by atoms with Gasteiger partial charge in [-0.3, -0.25) is 0 Å². The van der Waals surface area contributed by atoms with Crippen molar-refractivity contribution in [3.05, 3.63) is 40.4 Å². The molecule has 1 saturated carbocycles. The molecular formula is C23H35ClN2O. The fraction of sp³-hybridized carbons (Fsp3) is 0.609. The van der Waals surface area contributed by atoms with Crippen LogP contribution in [-0.4, -0.2) is 37.9 Å². The van der Waals surface area contributed by atoms with Crippen molar-refractivity contribution in [3.63, 3.8) is 0 Å². The summed E-state index contributed by atoms with van der Waals surface area (Å²) in [6.07, 6.45) is 9.44. The standard InChI is InChI=1S/C23H35ClN2O/c1-5-6-8-20-9-7-10-21(15-19-11-13-22(24)14-12-19)23(20)25-27-17-18(2)16-26(3)4/h11-15,18,20H,5-10,16-17H2,1-4H3/b21-15+,25-23+. The van der Waals surface area contributed by atoms with E-state index in [2.05, 4.69) is 56.2 Å². The lowest BCUT2D eigenvalue weighted by molar-refractivity contribution is 0.100. The molecule has 0 radical (unpaired) electrons. The van der Waals surface area contributed by atoms with Crippen molar-refractivity contribution in [2.45, 2.75) is 52.4 Å². The van der Waals surface area contributed by atoms with Gasteiger partial charge >= 0.3 is 0 Å². The van der Waals surface area contributed by atoms with Gasteiger partial charge in [-0.2, -0.15) is 0 Å². The number of halogens is 1. The smallest absolute Gasteiger partial charge is 0.120 e. The Kier molecular flexibility index (Phi) is 9.36. The third-order valence-electron chi connectivity index (χ3n) is 5.03. The minimum Gasteiger partial charge on any atom is -0.395 e. The van der Waals surface area contributed by atoms with Crippen LogP contribution >= 0.6 is 11.6 Å². The average Bonchev–Trinajstić information content (AvgIpc) is 2.62. The molecule has 0 spiro atoms. The van der Waals surface area contributed by atoms with Crippen LogP contribution in [0, 0.1) is 11.8 Å². The Morgan fingerprint density at radius 2 is 2.04 bits per heavy atom. The molecule has 4 heteroatoms. The molecule has 27 heavy (non-hydrogen) atoms. The summed E-state index contributed by atoms with van der Waals surface area (Å²) in [5.41, 5.74) is 3.67. The van der Waals surface area contributed by atoms with Crippen LogP contribution in [0.5, 0.6) is 0 Å². The monoisotopic (exact) mass is 390 g/mol. The van der Waals surface area contributed by atoms with E-state index in [1.807, 2.05) is 12.1 Å². The second kappa shape index (κ2) is 11.5. The largest absolute Gasteiger partial charge is 0.395 e. The predicted molar refractivity (Wildman–Crippen MR) is 117 cm³/mol. The molecule has 2 rings (SSSR count). The first kappa shape index (κ1) is 22.0. The number of benzene rings is 1. The summed E-state index contributed by atoms with van der Waals surface area (Å²) in [4.78, 5) is 8.02. The second-order valence-electron chi connectivity index (χ2n) is 8.09. The molecular weight excluding hydrogens is 356 g/mol. The van der Waals surface area contributed by atoms with Crippen LogP contribution in [0.25, 0.3) is 6.08 Å². The van der Waals surface area contributed by atoms with Gasteiger partial charge in [0.05, 0.1) is 5.71 Å². The highest BCUT2D eigenvalue weighted by atomic mass is 35.5. The lowest BCUT2D eigenvalue weighted by atomic mass is 9.80. The molecule has 150 valence electrons. The number of hydrogen-bond donors (Lipinski definition) is 0. The van der Waals surface area contributed by atoms with Gasteiger partial charge in [0.15, 0.2) is 0 Å². The first-order chi connectivity index (χ1) is 13.0. The van der Waals surface area contributed by atoms with Gasteiger partial charge in [0.25, 0.3) is 0 Å². The van der Waals surface area contributed by atoms with E-state index in [9.17, 15) is 0 Å². The van der Waals surface area contributed by atoms with Crippen LogP contribution in [-0.2, 0) is 4.84 Å². The van der Waals surface area contributed by atoms with Gasteiger partial charge in [-0.05, 0) is 69.1 Å². The summed E-state index contributed by atoms with van der Waals surface area (Å²) in [5, 5.41) is 5.44. The number of rotatable bonds is 9. The minimum absolute atomic E-state index is 0.464. The summed E-state index contributed by atoms with van der Waals surface area (Å²) in [6, 6.07) is 8.04. The van der Waals surface area contributed by atoms with Crippen molar-refractivity contribution in [3.8, 4) is 0 Å². The maximum atomic E-state index is 6.03. The fourth-order valence-electron chi connectivity index (χ4n) is 3.75. The highest BCUT2D eigenvalue weighted by Crippen LogP contribution is 2.31. The fourth-order valence-corrected chi connectivity index (χ4v) is 3.87. The summed E-state index contributed by atoms with van der Waals surface area (Å²) < 4.78 is 0. The molecule has 1 fully saturated rings. The molecule has 1 aliphatic carbocycles. The van der Waals surface area contributed by atoms with E-state index >= 15 is 0 Å². The van der Waals surface area contributed by atoms with E-state index in [0.29, 0.717) is 18.4 Å². The Balaban J connectivity index is 2.15. The van der Waals surface area contributed by atoms with Crippen LogP contribution in [0.2, 0.25) is 5.02 Å². The van der Waals surface area contributed by atoms with Crippen LogP contribution in [0.3, 0.4) is 0 Å². The maximum absolute atomic E-state index is 6.03. The van der Waals surface area contributed by atoms with E-state index < -0.39 is 0 Å². The summed E-state index contributed by atoms with van der Waals surface area (Å²) >= 11 is 6.03. The number of nitrogens with zero attached hydrogens (tertiary/aromatic N) is 2. The number of allylic oxidation sites excluding steroid dienone is 1. The highest BCUT2D eigenvalue weighted by Gasteiger charge is 2.25. The summed E-state index contributed by atoms with van der Waals surface area (Å²) in [5.74, 6) is 0.979. The van der Waals surface area contributed by atoms with Crippen molar-refractivity contribution in [1.29, 1.82) is 0 Å². The van der Waals surface area contributed by atoms with E-state index in [0.717, 1.165) is 18.0 Å².